The Hall–Kier alpha value is -2.98. The molecule has 0 unspecified atom stereocenters. The van der Waals surface area contributed by atoms with Crippen molar-refractivity contribution in [2.75, 3.05) is 7.11 Å². The highest BCUT2D eigenvalue weighted by molar-refractivity contribution is 6.32. The summed E-state index contributed by atoms with van der Waals surface area (Å²) in [4.78, 5) is 24.0. The second kappa shape index (κ2) is 11.4. The number of carbonyl (C=O) groups excluding carboxylic acids is 1. The van der Waals surface area contributed by atoms with E-state index < -0.39 is 29.8 Å². The van der Waals surface area contributed by atoms with Crippen LogP contribution in [0.5, 0.6) is 0 Å². The van der Waals surface area contributed by atoms with Crippen molar-refractivity contribution in [2.24, 2.45) is 5.73 Å². The molecule has 0 radical (unpaired) electrons. The number of carboxylic acids is 1. The molecule has 2 atom stereocenters. The lowest BCUT2D eigenvalue weighted by Crippen LogP contribution is -2.43. The van der Waals surface area contributed by atoms with Gasteiger partial charge in [0.2, 0.25) is 0 Å². The smallest absolute Gasteiger partial charge is 0.320 e. The molecule has 8 nitrogen and oxygen atoms in total. The lowest BCUT2D eigenvalue weighted by Gasteiger charge is -2.21. The van der Waals surface area contributed by atoms with Gasteiger partial charge < -0.3 is 25.4 Å². The van der Waals surface area contributed by atoms with Crippen molar-refractivity contribution in [2.45, 2.75) is 31.5 Å². The second-order valence-electron chi connectivity index (χ2n) is 7.60. The summed E-state index contributed by atoms with van der Waals surface area (Å²) < 4.78 is 24.2. The van der Waals surface area contributed by atoms with Crippen LogP contribution in [0.15, 0.2) is 47.0 Å². The number of nitrogens with two attached hydrogens (primary N) is 1. The minimum absolute atomic E-state index is 0.0128. The number of nitrogens with one attached hydrogen (secondary N) is 1. The molecule has 34 heavy (non-hydrogen) atoms. The van der Waals surface area contributed by atoms with Crippen LogP contribution in [-0.2, 0) is 22.6 Å². The van der Waals surface area contributed by atoms with E-state index in [-0.39, 0.29) is 30.7 Å². The summed E-state index contributed by atoms with van der Waals surface area (Å²) in [6.07, 6.45) is 0.109. The Morgan fingerprint density at radius 3 is 2.68 bits per heavy atom. The zero-order valence-corrected chi connectivity index (χ0v) is 19.6. The molecule has 0 fully saturated rings. The highest BCUT2D eigenvalue weighted by atomic mass is 35.5. The van der Waals surface area contributed by atoms with Gasteiger partial charge in [-0.25, -0.2) is 4.39 Å². The summed E-state index contributed by atoms with van der Waals surface area (Å²) in [5.74, 6) is -1.87. The first-order valence-electron chi connectivity index (χ1n) is 10.2. The molecule has 0 bridgehead atoms. The third-order valence-corrected chi connectivity index (χ3v) is 5.61. The highest BCUT2D eigenvalue weighted by Crippen LogP contribution is 2.30. The highest BCUT2D eigenvalue weighted by Gasteiger charge is 2.24. The van der Waals surface area contributed by atoms with Crippen molar-refractivity contribution in [1.82, 2.24) is 10.5 Å². The van der Waals surface area contributed by atoms with Gasteiger partial charge in [-0.1, -0.05) is 40.5 Å². The number of carbonyl (C=O) groups is 2. The normalized spacial score (nSPS) is 12.9. The molecule has 180 valence electrons. The van der Waals surface area contributed by atoms with E-state index in [9.17, 15) is 19.1 Å². The molecule has 1 amide bonds. The van der Waals surface area contributed by atoms with Crippen LogP contribution in [0.25, 0.3) is 11.1 Å². The molecule has 0 aliphatic heterocycles. The van der Waals surface area contributed by atoms with Crippen LogP contribution in [0.2, 0.25) is 10.0 Å². The number of aromatic nitrogens is 1. The van der Waals surface area contributed by atoms with E-state index >= 15 is 0 Å². The number of amides is 1. The Kier molecular flexibility index (Phi) is 8.62. The maximum atomic E-state index is 14.2. The monoisotopic (exact) mass is 509 g/mol. The van der Waals surface area contributed by atoms with Crippen LogP contribution in [0.4, 0.5) is 4.39 Å². The maximum Gasteiger partial charge on any atom is 0.320 e. The Morgan fingerprint density at radius 2 is 2.00 bits per heavy atom. The van der Waals surface area contributed by atoms with Gasteiger partial charge >= 0.3 is 5.97 Å². The fourth-order valence-electron chi connectivity index (χ4n) is 3.35. The van der Waals surface area contributed by atoms with Crippen LogP contribution in [0, 0.1) is 5.82 Å². The van der Waals surface area contributed by atoms with E-state index in [1.807, 2.05) is 0 Å². The minimum Gasteiger partial charge on any atom is -0.480 e. The van der Waals surface area contributed by atoms with Crippen LogP contribution < -0.4 is 11.1 Å². The number of benzene rings is 2. The molecule has 0 aliphatic rings. The number of carboxylic acid groups (broad SMARTS) is 1. The van der Waals surface area contributed by atoms with Gasteiger partial charge in [-0.05, 0) is 48.2 Å². The average molecular weight is 510 g/mol. The molecule has 4 N–H and O–H groups in total. The topological polar surface area (TPSA) is 128 Å². The first-order chi connectivity index (χ1) is 16.2. The van der Waals surface area contributed by atoms with Crippen LogP contribution >= 0.6 is 23.2 Å². The molecule has 3 rings (SSSR count). The lowest BCUT2D eigenvalue weighted by molar-refractivity contribution is -0.138. The van der Waals surface area contributed by atoms with Crippen molar-refractivity contribution < 1.29 is 28.3 Å². The molecule has 1 heterocycles. The molecule has 0 spiro atoms. The van der Waals surface area contributed by atoms with Crippen molar-refractivity contribution >= 4 is 35.1 Å². The summed E-state index contributed by atoms with van der Waals surface area (Å²) in [6, 6.07) is 8.65. The van der Waals surface area contributed by atoms with Crippen molar-refractivity contribution in [1.29, 1.82) is 0 Å². The Balaban J connectivity index is 1.81. The van der Waals surface area contributed by atoms with Gasteiger partial charge in [0.25, 0.3) is 5.91 Å². The van der Waals surface area contributed by atoms with Gasteiger partial charge in [0.1, 0.15) is 18.5 Å². The van der Waals surface area contributed by atoms with Crippen molar-refractivity contribution in [3.8, 4) is 11.1 Å². The standard InChI is InChI=1S/C23H22Cl2FN3O5/c1-33-11-16-10-21(29-34-16)22(30)28-15(9-20(27)23(31)32)6-13-3-2-12(7-18(13)25)17-8-14(24)4-5-19(17)26/h2-5,7-8,10,15,20H,6,9,11,27H2,1H3,(H,28,30)(H,31,32)/t15-,20+/m1/s1. The predicted molar refractivity (Wildman–Crippen MR) is 124 cm³/mol. The molecule has 11 heteroatoms. The SMILES string of the molecule is COCc1cc(C(=O)N[C@H](Cc2ccc(-c3cc(Cl)ccc3F)cc2Cl)C[C@H](N)C(=O)O)no1. The van der Waals surface area contributed by atoms with E-state index in [2.05, 4.69) is 10.5 Å². The summed E-state index contributed by atoms with van der Waals surface area (Å²) in [5, 5.41) is 16.3. The van der Waals surface area contributed by atoms with Gasteiger partial charge in [0, 0.05) is 34.8 Å². The molecule has 3 aromatic rings. The van der Waals surface area contributed by atoms with Gasteiger partial charge in [0.05, 0.1) is 0 Å². The fraction of sp³-hybridized carbons (Fsp3) is 0.261. The summed E-state index contributed by atoms with van der Waals surface area (Å²) in [5.41, 5.74) is 7.14. The number of hydrogen-bond donors (Lipinski definition) is 3. The number of nitrogens with zero attached hydrogens (tertiary/aromatic N) is 1. The quantitative estimate of drug-likeness (QED) is 0.375. The van der Waals surface area contributed by atoms with E-state index in [1.54, 1.807) is 18.2 Å². The van der Waals surface area contributed by atoms with Gasteiger partial charge in [0.15, 0.2) is 11.5 Å². The number of ether oxygens (including phenoxy) is 1. The van der Waals surface area contributed by atoms with Crippen molar-refractivity contribution in [3.05, 3.63) is 75.3 Å². The Labute approximate surface area is 204 Å². The van der Waals surface area contributed by atoms with E-state index in [0.29, 0.717) is 26.9 Å². The lowest BCUT2D eigenvalue weighted by atomic mass is 9.97. The number of rotatable bonds is 10. The summed E-state index contributed by atoms with van der Waals surface area (Å²) in [6.45, 7) is 0.142. The summed E-state index contributed by atoms with van der Waals surface area (Å²) >= 11 is 12.4. The molecular weight excluding hydrogens is 488 g/mol. The van der Waals surface area contributed by atoms with Gasteiger partial charge in [-0.3, -0.25) is 9.59 Å². The molecule has 0 saturated heterocycles. The fourth-order valence-corrected chi connectivity index (χ4v) is 3.78. The first kappa shape index (κ1) is 25.6. The van der Waals surface area contributed by atoms with E-state index in [4.69, 9.17) is 38.2 Å². The minimum atomic E-state index is -1.22. The number of halogens is 3. The molecule has 0 aliphatic carbocycles. The first-order valence-corrected chi connectivity index (χ1v) is 10.9. The van der Waals surface area contributed by atoms with Crippen LogP contribution in [-0.4, -0.2) is 41.3 Å². The predicted octanol–water partition coefficient (Wildman–Crippen LogP) is 4.08. The summed E-state index contributed by atoms with van der Waals surface area (Å²) in [7, 11) is 1.47. The zero-order chi connectivity index (χ0) is 24.8. The molecular formula is C23H22Cl2FN3O5. The molecule has 1 aromatic heterocycles. The molecule has 0 saturated carbocycles. The Morgan fingerprint density at radius 1 is 1.24 bits per heavy atom. The van der Waals surface area contributed by atoms with E-state index in [0.717, 1.165) is 0 Å². The Bertz CT molecular complexity index is 1190. The maximum absolute atomic E-state index is 14.2. The number of aliphatic carboxylic acids is 1. The third-order valence-electron chi connectivity index (χ3n) is 5.03. The van der Waals surface area contributed by atoms with Crippen LogP contribution in [0.3, 0.4) is 0 Å². The zero-order valence-electron chi connectivity index (χ0n) is 18.1. The van der Waals surface area contributed by atoms with E-state index in [1.165, 1.54) is 31.4 Å². The average Bonchev–Trinajstić information content (AvgIpc) is 3.25. The van der Waals surface area contributed by atoms with Crippen LogP contribution in [0.1, 0.15) is 28.2 Å². The van der Waals surface area contributed by atoms with Crippen molar-refractivity contribution in [3.63, 3.8) is 0 Å². The number of methoxy groups -OCH3 is 1. The van der Waals surface area contributed by atoms with Gasteiger partial charge in [-0.15, -0.1) is 0 Å². The third kappa shape index (κ3) is 6.54. The molecule has 2 aromatic carbocycles. The number of hydrogen-bond acceptors (Lipinski definition) is 6. The second-order valence-corrected chi connectivity index (χ2v) is 8.44. The largest absolute Gasteiger partial charge is 0.480 e. The van der Waals surface area contributed by atoms with Gasteiger partial charge in [-0.2, -0.15) is 0 Å².